The van der Waals surface area contributed by atoms with Crippen molar-refractivity contribution in [2.24, 2.45) is 162 Å². The zero-order valence-electron chi connectivity index (χ0n) is 92.7. The highest BCUT2D eigenvalue weighted by molar-refractivity contribution is 5.93. The van der Waals surface area contributed by atoms with Crippen LogP contribution < -0.4 is 0 Å². The van der Waals surface area contributed by atoms with E-state index in [0.717, 1.165) is 168 Å². The first kappa shape index (κ1) is 126. The first-order chi connectivity index (χ1) is 68.4. The van der Waals surface area contributed by atoms with Crippen LogP contribution in [0.25, 0.3) is 10.8 Å². The van der Waals surface area contributed by atoms with E-state index in [1.807, 2.05) is 55.4 Å². The van der Waals surface area contributed by atoms with Gasteiger partial charge in [-0.2, -0.15) is 0 Å². The van der Waals surface area contributed by atoms with Crippen molar-refractivity contribution >= 4 is 57.6 Å². The number of carbonyl (C=O) groups is 8. The van der Waals surface area contributed by atoms with Crippen LogP contribution in [0.4, 0.5) is 0 Å². The van der Waals surface area contributed by atoms with Crippen molar-refractivity contribution in [3.8, 4) is 69.0 Å². The van der Waals surface area contributed by atoms with Gasteiger partial charge in [0.05, 0.1) is 0 Å². The molecular weight excluding hydrogens is 1860 g/mol. The van der Waals surface area contributed by atoms with Crippen LogP contribution in [0.1, 0.15) is 365 Å². The molecule has 12 saturated carbocycles. The SMILES string of the molecule is C.CC.CC.CC.CC.CC(C)c1cccc2ccccc12.CC1CC[C@@]2(C)C(CC(=O)[C@H]3[C@@H]4CC[C@H]([C@H](C)CCC(=O)O)[C@@]4(C)C(=O)C[C@@H]32)C1C.C[C@H](CCC(=O)O)C1CC[C@H]2[C@@H]3C(=O)CC4CC(=O)CC[C@]4(C)[C@H]3CC(C)(C)[C@]12C.C[C@H](CCC(=O)O)[C@H]1CC[C@H]2[C@H]3[C@H](CC[C@]12C)[C@@]1(C)CCC(=O)CC1CC3(C)C.Oc1cc(O)cc(O)c1.Oc1cc(O)cc(O)c1.Oc1cc(O)cc(O)c1.Oc1cc(O)cc(O)c1. The summed E-state index contributed by atoms with van der Waals surface area (Å²) in [7, 11) is 0. The second kappa shape index (κ2) is 53.1. The van der Waals surface area contributed by atoms with Gasteiger partial charge in [0.2, 0.25) is 0 Å². The Bertz CT molecular complexity index is 4940. The summed E-state index contributed by atoms with van der Waals surface area (Å²) in [5.74, 6) is 7.21. The van der Waals surface area contributed by atoms with Crippen molar-refractivity contribution in [1.29, 1.82) is 0 Å². The standard InChI is InChI=1S/2C26H40O4.C26H42O3.C13H14.4C6H6O3.4C2H6.CH4/c1-15(6-9-22(29)30)18-7-8-19-23-20(14-24(2,3)26(18,19)5)25(4)11-10-17(27)12-16(25)13-21(23)28;1-14-10-11-25(4)19(16(14)3)12-21(27)24-18-8-7-17(15(2)6-9-23(29)30)26(18,5)22(28)13-20(24)25;1-16(6-9-22(28)29)19-7-8-20-23-21(11-13-26(19,20)5)25(4)12-10-18(27)14-17(25)15-24(23,2)3;1-10(2)12-9-5-7-11-6-3-4-8-13(11)12;4*7-4-1-5(8)3-6(9)2-4;4*1-2;/h15-16,18-20,23H,6-14H2,1-5H3,(H,29,30);14-20,24H,6-13H2,1-5H3,(H,29,30);16-17,19-21,23H,6-15H2,1-5H3,(H,28,29);3-10H,1-2H3;4*1-3,7-9H;4*1-2H3;1H4/t15-,16?,18?,19+,20+,23+,25+,26-;14?,15-,16?,17-,18+,19?,20+,24+,25+,26-;16-,17?,19-,20+,21+,23+,25+,26-;;;;;;;;;;/m111........../s1. The lowest BCUT2D eigenvalue weighted by molar-refractivity contribution is -0.181. The number of phenols is 12. The Kier molecular flexibility index (Phi) is 45.4. The van der Waals surface area contributed by atoms with E-state index in [1.165, 1.54) is 54.9 Å². The Morgan fingerprint density at radius 1 is 0.354 bits per heavy atom. The fourth-order valence-corrected chi connectivity index (χ4v) is 31.0. The van der Waals surface area contributed by atoms with Crippen LogP contribution in [0.5, 0.6) is 69.0 Å². The summed E-state index contributed by atoms with van der Waals surface area (Å²) in [6, 6.07) is 28.7. The molecule has 0 bridgehead atoms. The average Bonchev–Trinajstić information content (AvgIpc) is 1.58. The molecule has 0 amide bonds. The summed E-state index contributed by atoms with van der Waals surface area (Å²) >= 11 is 0. The highest BCUT2D eigenvalue weighted by Crippen LogP contribution is 2.76. The number of fused-ring (bicyclic) bond motifs is 16. The minimum absolute atomic E-state index is 0. The van der Waals surface area contributed by atoms with Gasteiger partial charge in [0.25, 0.3) is 0 Å². The Morgan fingerprint density at radius 3 is 1.16 bits per heavy atom. The lowest BCUT2D eigenvalue weighted by Crippen LogP contribution is -2.62. The van der Waals surface area contributed by atoms with Gasteiger partial charge in [0.1, 0.15) is 97.9 Å². The molecule has 0 saturated heterocycles. The van der Waals surface area contributed by atoms with Crippen molar-refractivity contribution in [2.45, 2.75) is 360 Å². The largest absolute Gasteiger partial charge is 0.508 e. The number of aliphatic carboxylic acids is 3. The van der Waals surface area contributed by atoms with Crippen LogP contribution >= 0.6 is 0 Å². The highest BCUT2D eigenvalue weighted by atomic mass is 16.4. The number of Topliss-reactive ketones (excluding diaryl/α,β-unsaturated/α-hetero) is 5. The van der Waals surface area contributed by atoms with E-state index in [4.69, 9.17) is 71.5 Å². The van der Waals surface area contributed by atoms with Crippen molar-refractivity contribution in [3.63, 3.8) is 0 Å². The third-order valence-corrected chi connectivity index (χ3v) is 38.5. The molecule has 822 valence electrons. The number of carboxylic acid groups (broad SMARTS) is 3. The molecule has 0 heterocycles. The third kappa shape index (κ3) is 28.6. The molecule has 12 aliphatic carbocycles. The summed E-state index contributed by atoms with van der Waals surface area (Å²) in [4.78, 5) is 98.6. The van der Waals surface area contributed by atoms with Gasteiger partial charge in [-0.25, -0.2) is 0 Å². The van der Waals surface area contributed by atoms with Crippen LogP contribution in [0.2, 0.25) is 0 Å². The predicted molar refractivity (Wildman–Crippen MR) is 583 cm³/mol. The van der Waals surface area contributed by atoms with Crippen molar-refractivity contribution < 1.29 is 115 Å². The predicted octanol–water partition coefficient (Wildman–Crippen LogP) is 29.2. The molecule has 15 N–H and O–H groups in total. The number of ketones is 5. The fourth-order valence-electron chi connectivity index (χ4n) is 31.0. The van der Waals surface area contributed by atoms with E-state index < -0.39 is 23.3 Å². The van der Waals surface area contributed by atoms with Gasteiger partial charge in [-0.1, -0.05) is 223 Å². The van der Waals surface area contributed by atoms with E-state index in [-0.39, 0.29) is 152 Å². The number of hydrogen-bond acceptors (Lipinski definition) is 20. The number of rotatable bonds is 13. The van der Waals surface area contributed by atoms with Gasteiger partial charge in [0.15, 0.2) is 0 Å². The molecular formula is C124H188O23. The summed E-state index contributed by atoms with van der Waals surface area (Å²) in [6.07, 6.45) is 23.6. The number of hydrogen-bond donors (Lipinski definition) is 15. The second-order valence-corrected chi connectivity index (χ2v) is 47.3. The Hall–Kier alpha value is -10.1. The molecule has 12 aliphatic rings. The fraction of sp³-hybridized carbons (Fsp3) is 0.661. The molecule has 23 nitrogen and oxygen atoms in total. The molecule has 0 aliphatic heterocycles. The molecule has 0 spiro atoms. The minimum Gasteiger partial charge on any atom is -0.508 e. The van der Waals surface area contributed by atoms with Gasteiger partial charge < -0.3 is 76.6 Å². The maximum Gasteiger partial charge on any atom is 0.303 e. The second-order valence-electron chi connectivity index (χ2n) is 47.3. The van der Waals surface area contributed by atoms with E-state index in [0.29, 0.717) is 155 Å². The number of carboxylic acids is 3. The first-order valence-corrected chi connectivity index (χ1v) is 55.1. The molecule has 147 heavy (non-hydrogen) atoms. The number of carbonyl (C=O) groups excluding carboxylic acids is 5. The van der Waals surface area contributed by atoms with Crippen molar-refractivity contribution in [1.82, 2.24) is 0 Å². The van der Waals surface area contributed by atoms with Crippen LogP contribution in [-0.4, -0.2) is 123 Å². The first-order valence-electron chi connectivity index (χ1n) is 55.1. The quantitative estimate of drug-likeness (QED) is 0.0510. The topological polar surface area (TPSA) is 440 Å². The van der Waals surface area contributed by atoms with Gasteiger partial charge >= 0.3 is 17.9 Å². The molecule has 6 aromatic rings. The van der Waals surface area contributed by atoms with Crippen LogP contribution in [0, 0.1) is 162 Å². The minimum atomic E-state index is -0.765. The average molecular weight is 2050 g/mol. The van der Waals surface area contributed by atoms with Gasteiger partial charge in [-0.05, 0) is 276 Å². The van der Waals surface area contributed by atoms with Crippen LogP contribution in [0.15, 0.2) is 115 Å². The summed E-state index contributed by atoms with van der Waals surface area (Å²) in [5, 5.41) is 134. The van der Waals surface area contributed by atoms with E-state index >= 15 is 0 Å². The monoisotopic (exact) mass is 2050 g/mol. The lowest BCUT2D eigenvalue weighted by Gasteiger charge is -2.65. The molecule has 23 heteroatoms. The van der Waals surface area contributed by atoms with E-state index in [9.17, 15) is 43.5 Å². The molecule has 6 unspecified atom stereocenters. The summed E-state index contributed by atoms with van der Waals surface area (Å²) < 4.78 is 0. The summed E-state index contributed by atoms with van der Waals surface area (Å²) in [6.45, 7) is 56.0. The van der Waals surface area contributed by atoms with Crippen LogP contribution in [-0.2, 0) is 38.4 Å². The highest BCUT2D eigenvalue weighted by Gasteiger charge is 2.71. The van der Waals surface area contributed by atoms with Gasteiger partial charge in [-0.15, -0.1) is 0 Å². The van der Waals surface area contributed by atoms with E-state index in [2.05, 4.69) is 160 Å². The number of benzene rings is 6. The molecule has 0 aromatic heterocycles. The number of aromatic hydroxyl groups is 12. The molecule has 18 rings (SSSR count). The van der Waals surface area contributed by atoms with Crippen molar-refractivity contribution in [2.75, 3.05) is 0 Å². The Morgan fingerprint density at radius 2 is 0.714 bits per heavy atom. The zero-order chi connectivity index (χ0) is 110. The summed E-state index contributed by atoms with van der Waals surface area (Å²) in [5.41, 5.74) is 2.39. The third-order valence-electron chi connectivity index (χ3n) is 38.5. The van der Waals surface area contributed by atoms with E-state index in [1.54, 1.807) is 0 Å². The Labute approximate surface area is 878 Å². The molecule has 6 aromatic carbocycles. The maximum absolute atomic E-state index is 13.7. The zero-order valence-corrected chi connectivity index (χ0v) is 92.7. The molecule has 12 fully saturated rings. The van der Waals surface area contributed by atoms with Crippen molar-refractivity contribution in [3.05, 3.63) is 121 Å². The van der Waals surface area contributed by atoms with Crippen LogP contribution in [0.3, 0.4) is 0 Å². The molecule has 0 radical (unpaired) electrons. The molecule has 26 atom stereocenters. The van der Waals surface area contributed by atoms with Gasteiger partial charge in [-0.3, -0.25) is 38.4 Å². The smallest absolute Gasteiger partial charge is 0.303 e. The van der Waals surface area contributed by atoms with Gasteiger partial charge in [0, 0.05) is 154 Å². The normalized spacial score (nSPS) is 32.1. The maximum atomic E-state index is 13.7. The lowest BCUT2D eigenvalue weighted by atomic mass is 9.39. The Balaban J connectivity index is 0.000000267. The number of phenolic OH excluding ortho intramolecular Hbond substituents is 12.